The Kier molecular flexibility index (Phi) is 5.24. The standard InChI is InChI=1S/C19H30N2O2/c1-20(2)17-8-13-23-19(14-17)9-11-21(12-10-19)15-16-6-4-5-7-18(16)22-3/h4-7,17H,8-15H2,1-3H3/t17-/m0/s1. The summed E-state index contributed by atoms with van der Waals surface area (Å²) in [4.78, 5) is 4.90. The Balaban J connectivity index is 1.58. The van der Waals surface area contributed by atoms with Crippen LogP contribution in [0.15, 0.2) is 24.3 Å². The predicted octanol–water partition coefficient (Wildman–Crippen LogP) is 2.77. The fraction of sp³-hybridized carbons (Fsp3) is 0.684. The molecule has 2 fully saturated rings. The Morgan fingerprint density at radius 3 is 2.70 bits per heavy atom. The van der Waals surface area contributed by atoms with Gasteiger partial charge < -0.3 is 14.4 Å². The molecule has 23 heavy (non-hydrogen) atoms. The molecule has 3 rings (SSSR count). The van der Waals surface area contributed by atoms with E-state index in [1.54, 1.807) is 7.11 Å². The second-order valence-corrected chi connectivity index (χ2v) is 7.23. The van der Waals surface area contributed by atoms with Gasteiger partial charge in [-0.3, -0.25) is 4.90 Å². The molecule has 4 heteroatoms. The smallest absolute Gasteiger partial charge is 0.123 e. The molecule has 0 unspecified atom stereocenters. The number of likely N-dealkylation sites (tertiary alicyclic amines) is 1. The van der Waals surface area contributed by atoms with Crippen LogP contribution in [0.25, 0.3) is 0 Å². The number of nitrogens with zero attached hydrogens (tertiary/aromatic N) is 2. The van der Waals surface area contributed by atoms with Crippen molar-refractivity contribution in [2.45, 2.75) is 43.9 Å². The molecule has 1 atom stereocenters. The van der Waals surface area contributed by atoms with Crippen molar-refractivity contribution in [3.05, 3.63) is 29.8 Å². The Bertz CT molecular complexity index is 510. The van der Waals surface area contributed by atoms with Gasteiger partial charge in [0.15, 0.2) is 0 Å². The lowest BCUT2D eigenvalue weighted by atomic mass is 9.82. The van der Waals surface area contributed by atoms with Crippen LogP contribution < -0.4 is 4.74 Å². The van der Waals surface area contributed by atoms with Crippen LogP contribution in [0.5, 0.6) is 5.75 Å². The van der Waals surface area contributed by atoms with Gasteiger partial charge in [0.05, 0.1) is 12.7 Å². The zero-order valence-corrected chi connectivity index (χ0v) is 14.8. The van der Waals surface area contributed by atoms with Gasteiger partial charge in [-0.1, -0.05) is 18.2 Å². The van der Waals surface area contributed by atoms with Crippen molar-refractivity contribution in [2.75, 3.05) is 40.9 Å². The summed E-state index contributed by atoms with van der Waals surface area (Å²) < 4.78 is 11.7. The molecule has 0 N–H and O–H groups in total. The van der Waals surface area contributed by atoms with E-state index in [4.69, 9.17) is 9.47 Å². The topological polar surface area (TPSA) is 24.9 Å². The highest BCUT2D eigenvalue weighted by Gasteiger charge is 2.40. The summed E-state index contributed by atoms with van der Waals surface area (Å²) in [6.07, 6.45) is 4.64. The van der Waals surface area contributed by atoms with E-state index in [1.165, 1.54) is 18.4 Å². The summed E-state index contributed by atoms with van der Waals surface area (Å²) >= 11 is 0. The van der Waals surface area contributed by atoms with Crippen LogP contribution >= 0.6 is 0 Å². The highest BCUT2D eigenvalue weighted by Crippen LogP contribution is 2.36. The van der Waals surface area contributed by atoms with Crippen molar-refractivity contribution >= 4 is 0 Å². The second-order valence-electron chi connectivity index (χ2n) is 7.23. The molecule has 2 saturated heterocycles. The van der Waals surface area contributed by atoms with E-state index < -0.39 is 0 Å². The third-order valence-electron chi connectivity index (χ3n) is 5.55. The van der Waals surface area contributed by atoms with Crippen LogP contribution in [0.1, 0.15) is 31.2 Å². The van der Waals surface area contributed by atoms with Crippen LogP contribution in [0.2, 0.25) is 0 Å². The number of para-hydroxylation sites is 1. The van der Waals surface area contributed by atoms with Crippen LogP contribution in [0, 0.1) is 0 Å². The lowest BCUT2D eigenvalue weighted by molar-refractivity contribution is -0.130. The number of methoxy groups -OCH3 is 1. The molecule has 1 aromatic carbocycles. The molecule has 2 heterocycles. The lowest BCUT2D eigenvalue weighted by Gasteiger charge is -2.47. The van der Waals surface area contributed by atoms with Crippen LogP contribution in [-0.4, -0.2) is 62.3 Å². The summed E-state index contributed by atoms with van der Waals surface area (Å²) in [5, 5.41) is 0. The minimum atomic E-state index is 0.116. The number of rotatable bonds is 4. The Morgan fingerprint density at radius 2 is 2.00 bits per heavy atom. The van der Waals surface area contributed by atoms with Crippen molar-refractivity contribution in [1.82, 2.24) is 9.80 Å². The molecule has 1 spiro atoms. The first-order valence-corrected chi connectivity index (χ1v) is 8.76. The summed E-state index contributed by atoms with van der Waals surface area (Å²) in [5.41, 5.74) is 1.39. The van der Waals surface area contributed by atoms with E-state index in [0.717, 1.165) is 44.8 Å². The van der Waals surface area contributed by atoms with E-state index in [1.807, 2.05) is 12.1 Å². The van der Waals surface area contributed by atoms with Gasteiger partial charge in [-0.05, 0) is 45.8 Å². The van der Waals surface area contributed by atoms with Crippen molar-refractivity contribution in [3.8, 4) is 5.75 Å². The molecule has 0 bridgehead atoms. The molecule has 4 nitrogen and oxygen atoms in total. The van der Waals surface area contributed by atoms with Gasteiger partial charge in [0.2, 0.25) is 0 Å². The summed E-state index contributed by atoms with van der Waals surface area (Å²) in [6, 6.07) is 9.01. The normalized spacial score (nSPS) is 25.0. The van der Waals surface area contributed by atoms with Crippen molar-refractivity contribution in [2.24, 2.45) is 0 Å². The molecule has 2 aliphatic heterocycles. The predicted molar refractivity (Wildman–Crippen MR) is 92.9 cm³/mol. The van der Waals surface area contributed by atoms with E-state index in [9.17, 15) is 0 Å². The number of hydrogen-bond acceptors (Lipinski definition) is 4. The van der Waals surface area contributed by atoms with Gasteiger partial charge in [0, 0.05) is 37.8 Å². The van der Waals surface area contributed by atoms with Gasteiger partial charge in [-0.15, -0.1) is 0 Å². The first kappa shape index (κ1) is 16.7. The Morgan fingerprint density at radius 1 is 1.26 bits per heavy atom. The fourth-order valence-electron chi connectivity index (χ4n) is 3.98. The molecule has 0 saturated carbocycles. The van der Waals surface area contributed by atoms with Gasteiger partial charge in [0.1, 0.15) is 5.75 Å². The Hall–Kier alpha value is -1.10. The summed E-state index contributed by atoms with van der Waals surface area (Å²) in [7, 11) is 6.14. The van der Waals surface area contributed by atoms with Gasteiger partial charge in [-0.25, -0.2) is 0 Å². The fourth-order valence-corrected chi connectivity index (χ4v) is 3.98. The Labute approximate surface area is 140 Å². The van der Waals surface area contributed by atoms with Crippen molar-refractivity contribution < 1.29 is 9.47 Å². The zero-order chi connectivity index (χ0) is 16.3. The average Bonchev–Trinajstić information content (AvgIpc) is 2.58. The lowest BCUT2D eigenvalue weighted by Crippen LogP contribution is -2.52. The number of benzene rings is 1. The summed E-state index contributed by atoms with van der Waals surface area (Å²) in [6.45, 7) is 4.10. The number of hydrogen-bond donors (Lipinski definition) is 0. The van der Waals surface area contributed by atoms with Gasteiger partial charge >= 0.3 is 0 Å². The van der Waals surface area contributed by atoms with Crippen LogP contribution in [-0.2, 0) is 11.3 Å². The third kappa shape index (κ3) is 3.87. The van der Waals surface area contributed by atoms with Crippen molar-refractivity contribution in [1.29, 1.82) is 0 Å². The first-order valence-electron chi connectivity index (χ1n) is 8.76. The quantitative estimate of drug-likeness (QED) is 0.852. The van der Waals surface area contributed by atoms with E-state index >= 15 is 0 Å². The highest BCUT2D eigenvalue weighted by atomic mass is 16.5. The minimum absolute atomic E-state index is 0.116. The van der Waals surface area contributed by atoms with E-state index in [0.29, 0.717) is 6.04 Å². The van der Waals surface area contributed by atoms with Crippen molar-refractivity contribution in [3.63, 3.8) is 0 Å². The molecule has 2 aliphatic rings. The number of piperidine rings is 1. The van der Waals surface area contributed by atoms with Crippen LogP contribution in [0.4, 0.5) is 0 Å². The minimum Gasteiger partial charge on any atom is -0.496 e. The van der Waals surface area contributed by atoms with E-state index in [-0.39, 0.29) is 5.60 Å². The van der Waals surface area contributed by atoms with Gasteiger partial charge in [-0.2, -0.15) is 0 Å². The SMILES string of the molecule is COc1ccccc1CN1CCC2(CC1)C[C@@H](N(C)C)CCO2. The largest absolute Gasteiger partial charge is 0.496 e. The van der Waals surface area contributed by atoms with Gasteiger partial charge in [0.25, 0.3) is 0 Å². The second kappa shape index (κ2) is 7.20. The molecule has 0 aromatic heterocycles. The van der Waals surface area contributed by atoms with Crippen LogP contribution in [0.3, 0.4) is 0 Å². The maximum Gasteiger partial charge on any atom is 0.123 e. The third-order valence-corrected chi connectivity index (χ3v) is 5.55. The van der Waals surface area contributed by atoms with E-state index in [2.05, 4.69) is 36.0 Å². The average molecular weight is 318 g/mol. The summed E-state index contributed by atoms with van der Waals surface area (Å²) in [5.74, 6) is 0.995. The molecule has 0 amide bonds. The zero-order valence-electron chi connectivity index (χ0n) is 14.8. The maximum atomic E-state index is 6.25. The highest BCUT2D eigenvalue weighted by molar-refractivity contribution is 5.33. The monoisotopic (exact) mass is 318 g/mol. The molecule has 0 radical (unpaired) electrons. The molecule has 0 aliphatic carbocycles. The molecule has 128 valence electrons. The maximum absolute atomic E-state index is 6.25. The number of ether oxygens (including phenoxy) is 2. The molecular formula is C19H30N2O2. The molecular weight excluding hydrogens is 288 g/mol. The molecule has 1 aromatic rings. The first-order chi connectivity index (χ1) is 11.1.